The van der Waals surface area contributed by atoms with Gasteiger partial charge in [-0.1, -0.05) is 19.1 Å². The highest BCUT2D eigenvalue weighted by Crippen LogP contribution is 2.12. The molecule has 0 unspecified atom stereocenters. The number of benzene rings is 1. The summed E-state index contributed by atoms with van der Waals surface area (Å²) in [6, 6.07) is 4.54. The van der Waals surface area contributed by atoms with E-state index in [9.17, 15) is 9.18 Å². The molecule has 0 aliphatic rings. The molecule has 4 nitrogen and oxygen atoms in total. The predicted molar refractivity (Wildman–Crippen MR) is 86.5 cm³/mol. The van der Waals surface area contributed by atoms with Gasteiger partial charge in [0.1, 0.15) is 10.8 Å². The van der Waals surface area contributed by atoms with E-state index in [1.807, 2.05) is 11.8 Å². The highest BCUT2D eigenvalue weighted by atomic mass is 32.1. The number of hydrogen-bond acceptors (Lipinski definition) is 3. The first-order valence-corrected chi connectivity index (χ1v) is 7.26. The van der Waals surface area contributed by atoms with Gasteiger partial charge < -0.3 is 10.6 Å². The molecule has 0 spiro atoms. The van der Waals surface area contributed by atoms with E-state index in [2.05, 4.69) is 0 Å². The zero-order valence-corrected chi connectivity index (χ0v) is 13.5. The van der Waals surface area contributed by atoms with E-state index < -0.39 is 0 Å². The first kappa shape index (κ1) is 17.5. The topological polar surface area (TPSA) is 49.6 Å². The zero-order chi connectivity index (χ0) is 16.0. The molecule has 0 heterocycles. The minimum absolute atomic E-state index is 0.0226. The Balaban J connectivity index is 2.88. The third kappa shape index (κ3) is 5.77. The Morgan fingerprint density at radius 1 is 1.33 bits per heavy atom. The van der Waals surface area contributed by atoms with Crippen molar-refractivity contribution >= 4 is 23.1 Å². The van der Waals surface area contributed by atoms with Crippen LogP contribution in [0.25, 0.3) is 0 Å². The van der Waals surface area contributed by atoms with E-state index in [4.69, 9.17) is 18.0 Å². The quantitative estimate of drug-likeness (QED) is 0.780. The third-order valence-electron chi connectivity index (χ3n) is 3.05. The molecular weight excluding hydrogens is 289 g/mol. The molecule has 21 heavy (non-hydrogen) atoms. The number of thiocarbonyl (C=S) groups is 1. The molecule has 0 aliphatic carbocycles. The van der Waals surface area contributed by atoms with Crippen LogP contribution in [-0.2, 0) is 11.3 Å². The van der Waals surface area contributed by atoms with Crippen molar-refractivity contribution in [3.8, 4) is 0 Å². The highest BCUT2D eigenvalue weighted by molar-refractivity contribution is 7.80. The molecule has 1 rings (SSSR count). The molecule has 0 saturated carbocycles. The highest BCUT2D eigenvalue weighted by Gasteiger charge is 2.13. The van der Waals surface area contributed by atoms with Gasteiger partial charge >= 0.3 is 0 Å². The first-order valence-electron chi connectivity index (χ1n) is 6.85. The van der Waals surface area contributed by atoms with Crippen LogP contribution in [0, 0.1) is 5.82 Å². The lowest BCUT2D eigenvalue weighted by Crippen LogP contribution is -2.36. The Bertz CT molecular complexity index is 520. The van der Waals surface area contributed by atoms with Crippen LogP contribution < -0.4 is 5.73 Å². The van der Waals surface area contributed by atoms with Crippen LogP contribution in [0.5, 0.6) is 0 Å². The Kier molecular flexibility index (Phi) is 6.71. The van der Waals surface area contributed by atoms with E-state index in [-0.39, 0.29) is 16.7 Å². The van der Waals surface area contributed by atoms with Gasteiger partial charge in [-0.2, -0.15) is 0 Å². The molecule has 2 N–H and O–H groups in total. The summed E-state index contributed by atoms with van der Waals surface area (Å²) in [6.07, 6.45) is 0.915. The van der Waals surface area contributed by atoms with E-state index >= 15 is 0 Å². The summed E-state index contributed by atoms with van der Waals surface area (Å²) < 4.78 is 13.6. The molecule has 1 aromatic carbocycles. The lowest BCUT2D eigenvalue weighted by Gasteiger charge is -2.23. The number of nitrogens with two attached hydrogens (primary N) is 1. The molecule has 0 aliphatic heterocycles. The standard InChI is InChI=1S/C15H22FN3OS/c1-4-5-19(10-14(20)18(2)3)9-11-6-12(15(17)21)8-13(16)7-11/h6-8H,4-5,9-10H2,1-3H3,(H2,17,21). The van der Waals surface area contributed by atoms with Crippen molar-refractivity contribution in [2.75, 3.05) is 27.2 Å². The maximum atomic E-state index is 13.6. The van der Waals surface area contributed by atoms with Crippen LogP contribution in [-0.4, -0.2) is 47.9 Å². The minimum atomic E-state index is -0.370. The molecule has 116 valence electrons. The molecule has 1 aromatic rings. The summed E-state index contributed by atoms with van der Waals surface area (Å²) in [5, 5.41) is 0. The van der Waals surface area contributed by atoms with Crippen LogP contribution in [0.4, 0.5) is 4.39 Å². The van der Waals surface area contributed by atoms with Crippen molar-refractivity contribution in [2.45, 2.75) is 19.9 Å². The van der Waals surface area contributed by atoms with Crippen molar-refractivity contribution < 1.29 is 9.18 Å². The zero-order valence-electron chi connectivity index (χ0n) is 12.7. The van der Waals surface area contributed by atoms with Gasteiger partial charge in [-0.25, -0.2) is 4.39 Å². The summed E-state index contributed by atoms with van der Waals surface area (Å²) in [7, 11) is 3.44. The average Bonchev–Trinajstić information content (AvgIpc) is 2.37. The van der Waals surface area contributed by atoms with Crippen LogP contribution >= 0.6 is 12.2 Å². The SMILES string of the molecule is CCCN(CC(=O)N(C)C)Cc1cc(F)cc(C(N)=S)c1. The van der Waals surface area contributed by atoms with Gasteiger partial charge in [0.25, 0.3) is 0 Å². The smallest absolute Gasteiger partial charge is 0.236 e. The normalized spacial score (nSPS) is 10.7. The van der Waals surface area contributed by atoms with Crippen LogP contribution in [0.2, 0.25) is 0 Å². The van der Waals surface area contributed by atoms with Gasteiger partial charge in [0.2, 0.25) is 5.91 Å². The fourth-order valence-electron chi connectivity index (χ4n) is 2.01. The van der Waals surface area contributed by atoms with Crippen molar-refractivity contribution in [2.24, 2.45) is 5.73 Å². The van der Waals surface area contributed by atoms with Crippen molar-refractivity contribution in [1.82, 2.24) is 9.80 Å². The van der Waals surface area contributed by atoms with Crippen molar-refractivity contribution in [3.05, 3.63) is 35.1 Å². The number of halogens is 1. The summed E-state index contributed by atoms with van der Waals surface area (Å²) >= 11 is 4.89. The molecule has 0 saturated heterocycles. The Labute approximate surface area is 130 Å². The van der Waals surface area contributed by atoms with E-state index in [1.165, 1.54) is 12.1 Å². The second-order valence-corrected chi connectivity index (χ2v) is 5.65. The van der Waals surface area contributed by atoms with Gasteiger partial charge in [0, 0.05) is 26.2 Å². The first-order chi connectivity index (χ1) is 9.83. The van der Waals surface area contributed by atoms with E-state index in [1.54, 1.807) is 25.1 Å². The van der Waals surface area contributed by atoms with Gasteiger partial charge in [0.15, 0.2) is 0 Å². The number of nitrogens with zero attached hydrogens (tertiary/aromatic N) is 2. The van der Waals surface area contributed by atoms with Crippen molar-refractivity contribution in [3.63, 3.8) is 0 Å². The number of carbonyl (C=O) groups excluding carboxylic acids is 1. The molecule has 0 radical (unpaired) electrons. The number of carbonyl (C=O) groups is 1. The monoisotopic (exact) mass is 311 g/mol. The number of likely N-dealkylation sites (N-methyl/N-ethyl adjacent to an activating group) is 1. The Morgan fingerprint density at radius 2 is 2.00 bits per heavy atom. The minimum Gasteiger partial charge on any atom is -0.389 e. The van der Waals surface area contributed by atoms with Gasteiger partial charge in [0.05, 0.1) is 6.54 Å². The summed E-state index contributed by atoms with van der Waals surface area (Å²) in [4.78, 5) is 15.5. The van der Waals surface area contributed by atoms with Crippen LogP contribution in [0.1, 0.15) is 24.5 Å². The Hall–Kier alpha value is -1.53. The second-order valence-electron chi connectivity index (χ2n) is 5.21. The second kappa shape index (κ2) is 8.05. The maximum Gasteiger partial charge on any atom is 0.236 e. The molecule has 0 bridgehead atoms. The summed E-state index contributed by atoms with van der Waals surface area (Å²) in [5.74, 6) is -0.347. The molecule has 6 heteroatoms. The Morgan fingerprint density at radius 3 is 2.52 bits per heavy atom. The number of rotatable bonds is 7. The number of amides is 1. The van der Waals surface area contributed by atoms with Crippen molar-refractivity contribution in [1.29, 1.82) is 0 Å². The largest absolute Gasteiger partial charge is 0.389 e. The average molecular weight is 311 g/mol. The fraction of sp³-hybridized carbons (Fsp3) is 0.467. The molecule has 1 amide bonds. The van der Waals surface area contributed by atoms with Crippen LogP contribution in [0.15, 0.2) is 18.2 Å². The van der Waals surface area contributed by atoms with Crippen LogP contribution in [0.3, 0.4) is 0 Å². The van der Waals surface area contributed by atoms with E-state index in [0.717, 1.165) is 18.5 Å². The summed E-state index contributed by atoms with van der Waals surface area (Å²) in [5.41, 5.74) is 6.82. The molecule has 0 aromatic heterocycles. The molecule has 0 fully saturated rings. The lowest BCUT2D eigenvalue weighted by atomic mass is 10.1. The number of hydrogen-bond donors (Lipinski definition) is 1. The molecule has 0 atom stereocenters. The third-order valence-corrected chi connectivity index (χ3v) is 3.28. The van der Waals surface area contributed by atoms with E-state index in [0.29, 0.717) is 18.7 Å². The van der Waals surface area contributed by atoms with Gasteiger partial charge in [-0.05, 0) is 36.7 Å². The summed E-state index contributed by atoms with van der Waals surface area (Å²) in [6.45, 7) is 3.60. The molecular formula is C15H22FN3OS. The maximum absolute atomic E-state index is 13.6. The van der Waals surface area contributed by atoms with Gasteiger partial charge in [-0.15, -0.1) is 0 Å². The predicted octanol–water partition coefficient (Wildman–Crippen LogP) is 1.76. The fourth-order valence-corrected chi connectivity index (χ4v) is 2.12. The lowest BCUT2D eigenvalue weighted by molar-refractivity contribution is -0.130. The van der Waals surface area contributed by atoms with Gasteiger partial charge in [-0.3, -0.25) is 9.69 Å².